The first kappa shape index (κ1) is 23.0. The molecule has 4 rings (SSSR count). The molecule has 2 heterocycles. The summed E-state index contributed by atoms with van der Waals surface area (Å²) in [5.74, 6) is 0.352. The smallest absolute Gasteiger partial charge is 0.191 e. The zero-order valence-corrected chi connectivity index (χ0v) is 19.4. The molecule has 0 amide bonds. The van der Waals surface area contributed by atoms with Gasteiger partial charge in [-0.2, -0.15) is 0 Å². The predicted octanol–water partition coefficient (Wildman–Crippen LogP) is 3.92. The number of benzene rings is 2. The van der Waals surface area contributed by atoms with Crippen LogP contribution in [0.1, 0.15) is 12.2 Å². The number of hydrogen-bond acceptors (Lipinski definition) is 3. The number of halogens is 3. The fourth-order valence-electron chi connectivity index (χ4n) is 3.61. The van der Waals surface area contributed by atoms with E-state index in [1.165, 1.54) is 12.1 Å². The van der Waals surface area contributed by atoms with Crippen LogP contribution in [0.25, 0.3) is 11.3 Å². The minimum Gasteiger partial charge on any atom is -0.367 e. The van der Waals surface area contributed by atoms with Crippen LogP contribution in [-0.2, 0) is 6.54 Å². The van der Waals surface area contributed by atoms with Crippen molar-refractivity contribution in [1.29, 1.82) is 0 Å². The number of aromatic amines is 1. The molecule has 1 aromatic heterocycles. The number of anilines is 1. The van der Waals surface area contributed by atoms with Crippen molar-refractivity contribution >= 4 is 35.6 Å². The Kier molecular flexibility index (Phi) is 7.83. The van der Waals surface area contributed by atoms with Crippen LogP contribution < -0.4 is 15.5 Å². The first-order valence-corrected chi connectivity index (χ1v) is 9.89. The topological polar surface area (TPSA) is 68.3 Å². The molecule has 3 aromatic rings. The standard InChI is InChI=1S/C22H24F2N6.HI/c1-25-22(27-13-21-26-12-19(29-21)15-5-3-2-4-6-15)28-17-9-10-30(14-17)20-8-7-16(23)11-18(20)24;/h2-8,11-12,17H,9-10,13-14H2,1H3,(H,26,29)(H2,25,27,28);1H. The van der Waals surface area contributed by atoms with Crippen molar-refractivity contribution < 1.29 is 8.78 Å². The fraction of sp³-hybridized carbons (Fsp3) is 0.273. The summed E-state index contributed by atoms with van der Waals surface area (Å²) in [4.78, 5) is 13.9. The number of hydrogen-bond donors (Lipinski definition) is 3. The van der Waals surface area contributed by atoms with Crippen LogP contribution in [0, 0.1) is 11.6 Å². The Labute approximate surface area is 197 Å². The zero-order chi connectivity index (χ0) is 20.9. The van der Waals surface area contributed by atoms with Crippen LogP contribution in [-0.4, -0.2) is 42.1 Å². The van der Waals surface area contributed by atoms with Crippen molar-refractivity contribution in [1.82, 2.24) is 20.6 Å². The first-order valence-electron chi connectivity index (χ1n) is 9.89. The number of nitrogens with zero attached hydrogens (tertiary/aromatic N) is 3. The molecule has 1 atom stereocenters. The average molecular weight is 538 g/mol. The minimum atomic E-state index is -0.567. The van der Waals surface area contributed by atoms with E-state index >= 15 is 0 Å². The van der Waals surface area contributed by atoms with Crippen LogP contribution in [0.2, 0.25) is 0 Å². The van der Waals surface area contributed by atoms with Gasteiger partial charge in [-0.3, -0.25) is 4.99 Å². The number of guanidine groups is 1. The second-order valence-corrected chi connectivity index (χ2v) is 7.21. The van der Waals surface area contributed by atoms with Gasteiger partial charge in [-0.15, -0.1) is 24.0 Å². The monoisotopic (exact) mass is 538 g/mol. The Morgan fingerprint density at radius 2 is 2.03 bits per heavy atom. The van der Waals surface area contributed by atoms with Crippen LogP contribution in [0.15, 0.2) is 59.7 Å². The molecule has 0 aliphatic carbocycles. The van der Waals surface area contributed by atoms with Crippen molar-refractivity contribution in [3.05, 3.63) is 72.2 Å². The number of aromatic nitrogens is 2. The zero-order valence-electron chi connectivity index (χ0n) is 17.1. The Hall–Kier alpha value is -2.69. The highest BCUT2D eigenvalue weighted by Crippen LogP contribution is 2.24. The van der Waals surface area contributed by atoms with Crippen LogP contribution in [0.5, 0.6) is 0 Å². The molecule has 9 heteroatoms. The van der Waals surface area contributed by atoms with Gasteiger partial charge in [0, 0.05) is 32.2 Å². The van der Waals surface area contributed by atoms with E-state index in [-0.39, 0.29) is 30.0 Å². The highest BCUT2D eigenvalue weighted by atomic mass is 127. The molecule has 1 unspecified atom stereocenters. The van der Waals surface area contributed by atoms with Crippen molar-refractivity contribution in [2.24, 2.45) is 4.99 Å². The Morgan fingerprint density at radius 1 is 1.23 bits per heavy atom. The van der Waals surface area contributed by atoms with Crippen molar-refractivity contribution in [2.75, 3.05) is 25.0 Å². The lowest BCUT2D eigenvalue weighted by Gasteiger charge is -2.20. The third-order valence-corrected chi connectivity index (χ3v) is 5.14. The molecular formula is C22H25F2IN6. The minimum absolute atomic E-state index is 0. The van der Waals surface area contributed by atoms with E-state index in [0.29, 0.717) is 31.3 Å². The second kappa shape index (κ2) is 10.6. The van der Waals surface area contributed by atoms with Crippen LogP contribution in [0.4, 0.5) is 14.5 Å². The van der Waals surface area contributed by atoms with Crippen molar-refractivity contribution in [2.45, 2.75) is 19.0 Å². The van der Waals surface area contributed by atoms with E-state index in [1.807, 2.05) is 41.4 Å². The van der Waals surface area contributed by atoms with Gasteiger partial charge in [0.05, 0.1) is 24.1 Å². The lowest BCUT2D eigenvalue weighted by atomic mass is 10.2. The van der Waals surface area contributed by atoms with E-state index in [4.69, 9.17) is 0 Å². The maximum absolute atomic E-state index is 14.0. The lowest BCUT2D eigenvalue weighted by molar-refractivity contribution is 0.580. The Morgan fingerprint density at radius 3 is 2.77 bits per heavy atom. The number of aliphatic imine (C=N–C) groups is 1. The second-order valence-electron chi connectivity index (χ2n) is 7.21. The fourth-order valence-corrected chi connectivity index (χ4v) is 3.61. The van der Waals surface area contributed by atoms with E-state index in [0.717, 1.165) is 29.6 Å². The molecule has 0 radical (unpaired) electrons. The average Bonchev–Trinajstić information content (AvgIpc) is 3.41. The number of H-pyrrole nitrogens is 1. The van der Waals surface area contributed by atoms with Gasteiger partial charge < -0.3 is 20.5 Å². The molecule has 0 spiro atoms. The summed E-state index contributed by atoms with van der Waals surface area (Å²) in [5.41, 5.74) is 2.47. The highest BCUT2D eigenvalue weighted by Gasteiger charge is 2.25. The summed E-state index contributed by atoms with van der Waals surface area (Å²) in [6.07, 6.45) is 2.64. The summed E-state index contributed by atoms with van der Waals surface area (Å²) in [5, 5.41) is 6.62. The summed E-state index contributed by atoms with van der Waals surface area (Å²) in [7, 11) is 1.71. The molecule has 0 saturated carbocycles. The molecule has 31 heavy (non-hydrogen) atoms. The molecule has 3 N–H and O–H groups in total. The van der Waals surface area contributed by atoms with Gasteiger partial charge in [0.1, 0.15) is 17.5 Å². The third kappa shape index (κ3) is 5.72. The number of rotatable bonds is 5. The van der Waals surface area contributed by atoms with E-state index in [9.17, 15) is 8.78 Å². The van der Waals surface area contributed by atoms with E-state index in [1.54, 1.807) is 7.05 Å². The lowest BCUT2D eigenvalue weighted by Crippen LogP contribution is -2.44. The molecule has 6 nitrogen and oxygen atoms in total. The number of imidazole rings is 1. The van der Waals surface area contributed by atoms with Gasteiger partial charge in [-0.25, -0.2) is 13.8 Å². The predicted molar refractivity (Wildman–Crippen MR) is 130 cm³/mol. The van der Waals surface area contributed by atoms with E-state index in [2.05, 4.69) is 25.6 Å². The van der Waals surface area contributed by atoms with Gasteiger partial charge in [0.25, 0.3) is 0 Å². The molecule has 1 aliphatic heterocycles. The van der Waals surface area contributed by atoms with Crippen LogP contribution in [0.3, 0.4) is 0 Å². The summed E-state index contributed by atoms with van der Waals surface area (Å²) in [6, 6.07) is 13.8. The van der Waals surface area contributed by atoms with Gasteiger partial charge in [0.2, 0.25) is 0 Å². The Bertz CT molecular complexity index is 1020. The molecular weight excluding hydrogens is 513 g/mol. The molecule has 1 fully saturated rings. The quantitative estimate of drug-likeness (QED) is 0.262. The first-order chi connectivity index (χ1) is 14.6. The molecule has 164 valence electrons. The SMILES string of the molecule is CN=C(NCc1ncc(-c2ccccc2)[nH]1)NC1CCN(c2ccc(F)cc2F)C1.I. The highest BCUT2D eigenvalue weighted by molar-refractivity contribution is 14.0. The van der Waals surface area contributed by atoms with Gasteiger partial charge in [-0.1, -0.05) is 30.3 Å². The molecule has 1 aliphatic rings. The van der Waals surface area contributed by atoms with E-state index < -0.39 is 11.6 Å². The maximum Gasteiger partial charge on any atom is 0.191 e. The largest absolute Gasteiger partial charge is 0.367 e. The molecule has 0 bridgehead atoms. The van der Waals surface area contributed by atoms with Crippen LogP contribution >= 0.6 is 24.0 Å². The van der Waals surface area contributed by atoms with Crippen molar-refractivity contribution in [3.63, 3.8) is 0 Å². The summed E-state index contributed by atoms with van der Waals surface area (Å²) >= 11 is 0. The summed E-state index contributed by atoms with van der Waals surface area (Å²) in [6.45, 7) is 1.80. The third-order valence-electron chi connectivity index (χ3n) is 5.14. The summed E-state index contributed by atoms with van der Waals surface area (Å²) < 4.78 is 27.2. The normalized spacial score (nSPS) is 16.2. The molecule has 1 saturated heterocycles. The van der Waals surface area contributed by atoms with Gasteiger partial charge >= 0.3 is 0 Å². The van der Waals surface area contributed by atoms with Gasteiger partial charge in [-0.05, 0) is 24.1 Å². The van der Waals surface area contributed by atoms with Crippen molar-refractivity contribution in [3.8, 4) is 11.3 Å². The van der Waals surface area contributed by atoms with Gasteiger partial charge in [0.15, 0.2) is 5.96 Å². The Balaban J connectivity index is 0.00000272. The molecule has 2 aromatic carbocycles. The number of nitrogens with one attached hydrogen (secondary N) is 3. The maximum atomic E-state index is 14.0.